The largest absolute Gasteiger partial charge is 0.468 e. The molecule has 3 heterocycles. The van der Waals surface area contributed by atoms with Gasteiger partial charge in [0.25, 0.3) is 0 Å². The van der Waals surface area contributed by atoms with Crippen LogP contribution in [0.25, 0.3) is 11.2 Å². The van der Waals surface area contributed by atoms with Crippen LogP contribution >= 0.6 is 15.9 Å². The fraction of sp³-hybridized carbons (Fsp3) is 0.682. The molecule has 1 aliphatic rings. The molecule has 1 fully saturated rings. The van der Waals surface area contributed by atoms with Crippen LogP contribution in [0.1, 0.15) is 47.8 Å². The van der Waals surface area contributed by atoms with E-state index < -0.39 is 22.9 Å². The molecule has 0 aliphatic carbocycles. The van der Waals surface area contributed by atoms with Crippen molar-refractivity contribution in [3.8, 4) is 0 Å². The summed E-state index contributed by atoms with van der Waals surface area (Å²) in [6, 6.07) is 0. The van der Waals surface area contributed by atoms with Gasteiger partial charge in [-0.25, -0.2) is 15.0 Å². The van der Waals surface area contributed by atoms with Crippen LogP contribution in [0.3, 0.4) is 0 Å². The zero-order valence-electron chi connectivity index (χ0n) is 21.4. The van der Waals surface area contributed by atoms with E-state index >= 15 is 0 Å². The van der Waals surface area contributed by atoms with E-state index in [1.54, 1.807) is 11.3 Å². The van der Waals surface area contributed by atoms with Gasteiger partial charge in [-0.1, -0.05) is 57.5 Å². The summed E-state index contributed by atoms with van der Waals surface area (Å²) in [5.41, 5.74) is 7.20. The van der Waals surface area contributed by atoms with Crippen LogP contribution in [0, 0.1) is 0 Å². The molecule has 0 bridgehead atoms. The summed E-state index contributed by atoms with van der Waals surface area (Å²) in [5, 5.41) is 0.0525. The first kappa shape index (κ1) is 26.3. The molecule has 2 N–H and O–H groups in total. The van der Waals surface area contributed by atoms with Crippen LogP contribution in [0.5, 0.6) is 0 Å². The number of nitrogens with two attached hydrogens (primary N) is 1. The molecule has 0 spiro atoms. The normalized spacial score (nSPS) is 24.0. The van der Waals surface area contributed by atoms with Gasteiger partial charge in [-0.3, -0.25) is 4.57 Å². The maximum atomic E-state index is 7.01. The molecular weight excluding hydrogens is 518 g/mol. The lowest BCUT2D eigenvalue weighted by atomic mass is 10.2. The number of halogens is 1. The third-order valence-corrected chi connectivity index (χ3v) is 16.7. The summed E-state index contributed by atoms with van der Waals surface area (Å²) in [6.07, 6.45) is 1.90. The average Bonchev–Trinajstić information content (AvgIpc) is 3.22. The van der Waals surface area contributed by atoms with E-state index in [4.69, 9.17) is 19.3 Å². The molecule has 3 rings (SSSR count). The zero-order valence-corrected chi connectivity index (χ0v) is 25.0. The smallest absolute Gasteiger partial charge is 0.206 e. The first-order valence-corrected chi connectivity index (χ1v) is 18.0. The Morgan fingerprint density at radius 1 is 1.00 bits per heavy atom. The third-order valence-electron chi connectivity index (χ3n) is 7.35. The van der Waals surface area contributed by atoms with Gasteiger partial charge in [-0.15, -0.1) is 0 Å². The Morgan fingerprint density at radius 3 is 2.12 bits per heavy atom. The van der Waals surface area contributed by atoms with E-state index in [2.05, 4.69) is 98.6 Å². The summed E-state index contributed by atoms with van der Waals surface area (Å²) in [4.78, 5) is 14.8. The minimum Gasteiger partial charge on any atom is -0.468 e. The summed E-state index contributed by atoms with van der Waals surface area (Å²) >= 11 is 3.51. The van der Waals surface area contributed by atoms with Crippen LogP contribution in [-0.2, 0) is 13.6 Å². The van der Waals surface area contributed by atoms with Crippen molar-refractivity contribution in [3.05, 3.63) is 23.4 Å². The summed E-state index contributed by atoms with van der Waals surface area (Å²) in [6.45, 7) is 22.4. The molecule has 1 saturated heterocycles. The molecule has 0 aromatic carbocycles. The van der Waals surface area contributed by atoms with Gasteiger partial charge in [0.2, 0.25) is 6.23 Å². The lowest BCUT2D eigenvalue weighted by Gasteiger charge is -2.43. The van der Waals surface area contributed by atoms with Crippen LogP contribution in [0.4, 0.5) is 5.82 Å². The van der Waals surface area contributed by atoms with Crippen molar-refractivity contribution in [1.82, 2.24) is 19.5 Å². The second kappa shape index (κ2) is 8.74. The number of ether oxygens (including phenoxy) is 1. The van der Waals surface area contributed by atoms with E-state index in [9.17, 15) is 0 Å². The summed E-state index contributed by atoms with van der Waals surface area (Å²) in [7, 11) is -4.33. The van der Waals surface area contributed by atoms with E-state index in [1.165, 1.54) is 6.33 Å². The molecule has 3 atom stereocenters. The molecule has 1 aliphatic heterocycles. The standard InChI is InChI=1S/C22H38BrN5O3Si2/c1-21(2,3)32(7,8)30-16-14(11-23)29-20(17(16)31-33(9,10)22(4,5)6)28-13-27-15-18(24)25-12-26-19(15)28/h11-13,16-17,20H,1-10H3,(H2,24,25,26)/b14-11-/t16-,17-,20-/m1/s1. The van der Waals surface area contributed by atoms with Crippen molar-refractivity contribution in [3.63, 3.8) is 0 Å². The lowest BCUT2D eigenvalue weighted by Crippen LogP contribution is -2.52. The molecule has 0 amide bonds. The second-order valence-electron chi connectivity index (χ2n) is 11.7. The number of aromatic nitrogens is 4. The molecule has 0 saturated carbocycles. The Bertz CT molecular complexity index is 1040. The highest BCUT2D eigenvalue weighted by Crippen LogP contribution is 2.47. The Kier molecular flexibility index (Phi) is 6.98. The fourth-order valence-electron chi connectivity index (χ4n) is 3.20. The number of anilines is 1. The van der Waals surface area contributed by atoms with E-state index in [-0.39, 0.29) is 22.3 Å². The van der Waals surface area contributed by atoms with Gasteiger partial charge >= 0.3 is 0 Å². The van der Waals surface area contributed by atoms with Gasteiger partial charge in [0.1, 0.15) is 36.1 Å². The van der Waals surface area contributed by atoms with E-state index in [1.807, 2.05) is 4.57 Å². The van der Waals surface area contributed by atoms with Gasteiger partial charge < -0.3 is 19.3 Å². The Morgan fingerprint density at radius 2 is 1.58 bits per heavy atom. The predicted molar refractivity (Wildman–Crippen MR) is 141 cm³/mol. The van der Waals surface area contributed by atoms with Crippen molar-refractivity contribution in [1.29, 1.82) is 0 Å². The molecular formula is C22H38BrN5O3Si2. The maximum absolute atomic E-state index is 7.01. The summed E-state index contributed by atoms with van der Waals surface area (Å²) in [5.74, 6) is 1.04. The van der Waals surface area contributed by atoms with Crippen molar-refractivity contribution >= 4 is 49.5 Å². The molecule has 8 nitrogen and oxygen atoms in total. The number of hydrogen-bond acceptors (Lipinski definition) is 7. The van der Waals surface area contributed by atoms with E-state index in [0.29, 0.717) is 22.7 Å². The first-order chi connectivity index (χ1) is 15.0. The predicted octanol–water partition coefficient (Wildman–Crippen LogP) is 5.95. The van der Waals surface area contributed by atoms with Crippen molar-refractivity contribution in [2.24, 2.45) is 0 Å². The zero-order chi connectivity index (χ0) is 25.0. The van der Waals surface area contributed by atoms with Crippen molar-refractivity contribution in [2.75, 3.05) is 5.73 Å². The lowest BCUT2D eigenvalue weighted by molar-refractivity contribution is -0.00173. The maximum Gasteiger partial charge on any atom is 0.206 e. The third kappa shape index (κ3) is 4.93. The minimum atomic E-state index is -2.19. The van der Waals surface area contributed by atoms with Gasteiger partial charge in [0.15, 0.2) is 28.1 Å². The number of rotatable bonds is 5. The number of nitrogens with zero attached hydrogens (tertiary/aromatic N) is 4. The van der Waals surface area contributed by atoms with E-state index in [0.717, 1.165) is 0 Å². The number of imidazole rings is 1. The van der Waals surface area contributed by atoms with Crippen LogP contribution in [0.15, 0.2) is 23.4 Å². The Balaban J connectivity index is 2.12. The average molecular weight is 557 g/mol. The molecule has 0 radical (unpaired) electrons. The molecule has 0 unspecified atom stereocenters. The minimum absolute atomic E-state index is 0.0174. The van der Waals surface area contributed by atoms with Gasteiger partial charge in [-0.05, 0) is 36.3 Å². The first-order valence-electron chi connectivity index (χ1n) is 11.3. The highest BCUT2D eigenvalue weighted by atomic mass is 79.9. The fourth-order valence-corrected chi connectivity index (χ4v) is 6.08. The molecule has 2 aromatic rings. The quantitative estimate of drug-likeness (QED) is 0.454. The van der Waals surface area contributed by atoms with Crippen molar-refractivity contribution < 1.29 is 13.6 Å². The highest BCUT2D eigenvalue weighted by molar-refractivity contribution is 9.11. The number of hydrogen-bond donors (Lipinski definition) is 1. The Hall–Kier alpha value is -1.28. The topological polar surface area (TPSA) is 97.3 Å². The summed E-state index contributed by atoms with van der Waals surface area (Å²) < 4.78 is 22.3. The van der Waals surface area contributed by atoms with Crippen LogP contribution in [-0.4, -0.2) is 48.4 Å². The van der Waals surface area contributed by atoms with Gasteiger partial charge in [-0.2, -0.15) is 0 Å². The molecule has 33 heavy (non-hydrogen) atoms. The number of nitrogen functional groups attached to an aromatic ring is 1. The SMILES string of the molecule is CC(C)(C)[Si](C)(C)O[C@@H]1[C@H](O[Si](C)(C)C(C)(C)C)/C(=C/Br)O[C@H]1n1cnc2c(N)ncnc21. The second-order valence-corrected chi connectivity index (χ2v) is 21.7. The van der Waals surface area contributed by atoms with Crippen molar-refractivity contribution in [2.45, 2.75) is 96.2 Å². The molecule has 11 heteroatoms. The molecule has 2 aromatic heterocycles. The highest BCUT2D eigenvalue weighted by Gasteiger charge is 2.53. The van der Waals surface area contributed by atoms with Crippen LogP contribution in [0.2, 0.25) is 36.3 Å². The Labute approximate surface area is 207 Å². The number of fused-ring (bicyclic) bond motifs is 1. The van der Waals surface area contributed by atoms with Crippen LogP contribution < -0.4 is 5.73 Å². The molecule has 184 valence electrons. The van der Waals surface area contributed by atoms with Gasteiger partial charge in [0, 0.05) is 4.99 Å². The van der Waals surface area contributed by atoms with Gasteiger partial charge in [0.05, 0.1) is 0 Å². The monoisotopic (exact) mass is 555 g/mol.